The van der Waals surface area contributed by atoms with Crippen LogP contribution in [0, 0.1) is 12.8 Å². The number of ketones is 1. The summed E-state index contributed by atoms with van der Waals surface area (Å²) in [6.07, 6.45) is 7.03. The summed E-state index contributed by atoms with van der Waals surface area (Å²) >= 11 is 0. The maximum Gasteiger partial charge on any atom is 0.166 e. The lowest BCUT2D eigenvalue weighted by molar-refractivity contribution is 0.0967. The highest BCUT2D eigenvalue weighted by Gasteiger charge is 2.30. The van der Waals surface area contributed by atoms with Crippen molar-refractivity contribution in [2.45, 2.75) is 66.2 Å². The molecule has 0 radical (unpaired) electrons. The third-order valence-corrected chi connectivity index (χ3v) is 3.32. The molecule has 0 heterocycles. The molecule has 1 aromatic rings. The van der Waals surface area contributed by atoms with Crippen molar-refractivity contribution in [2.75, 3.05) is 0 Å². The van der Waals surface area contributed by atoms with Gasteiger partial charge in [0.1, 0.15) is 0 Å². The number of carbonyl (C=O) groups is 1. The number of benzene rings is 1. The highest BCUT2D eigenvalue weighted by molar-refractivity contribution is 6.00. The molecule has 0 spiro atoms. The first-order valence-electron chi connectivity index (χ1n) is 7.77. The summed E-state index contributed by atoms with van der Waals surface area (Å²) in [5.41, 5.74) is 3.47. The van der Waals surface area contributed by atoms with Crippen molar-refractivity contribution >= 4 is 5.78 Å². The van der Waals surface area contributed by atoms with E-state index >= 15 is 0 Å². The molecule has 1 aliphatic rings. The summed E-state index contributed by atoms with van der Waals surface area (Å²) in [7, 11) is 0. The Morgan fingerprint density at radius 3 is 2.32 bits per heavy atom. The highest BCUT2D eigenvalue weighted by atomic mass is 16.1. The molecule has 0 atom stereocenters. The highest BCUT2D eigenvalue weighted by Crippen LogP contribution is 2.33. The molecule has 19 heavy (non-hydrogen) atoms. The minimum Gasteiger partial charge on any atom is -0.294 e. The Morgan fingerprint density at radius 1 is 1.21 bits per heavy atom. The van der Waals surface area contributed by atoms with Gasteiger partial charge < -0.3 is 0 Å². The summed E-state index contributed by atoms with van der Waals surface area (Å²) in [5, 5.41) is 0. The molecule has 1 nitrogen and oxygen atoms in total. The molecular formula is C18H28O. The van der Waals surface area contributed by atoms with Crippen molar-refractivity contribution in [1.29, 1.82) is 0 Å². The first-order chi connectivity index (χ1) is 9.13. The monoisotopic (exact) mass is 260 g/mol. The van der Waals surface area contributed by atoms with Gasteiger partial charge in [-0.1, -0.05) is 51.8 Å². The van der Waals surface area contributed by atoms with Gasteiger partial charge in [0.2, 0.25) is 0 Å². The fraction of sp³-hybridized carbons (Fsp3) is 0.611. The predicted molar refractivity (Wildman–Crippen MR) is 82.8 cm³/mol. The molecule has 106 valence electrons. The Labute approximate surface area is 118 Å². The Kier molecular flexibility index (Phi) is 6.83. The van der Waals surface area contributed by atoms with Crippen molar-refractivity contribution < 1.29 is 4.79 Å². The van der Waals surface area contributed by atoms with Crippen LogP contribution in [0.5, 0.6) is 0 Å². The van der Waals surface area contributed by atoms with Crippen molar-refractivity contribution in [3.63, 3.8) is 0 Å². The largest absolute Gasteiger partial charge is 0.294 e. The fourth-order valence-corrected chi connectivity index (χ4v) is 2.10. The molecule has 0 bridgehead atoms. The zero-order valence-corrected chi connectivity index (χ0v) is 13.0. The normalized spacial score (nSPS) is 13.7. The lowest BCUT2D eigenvalue weighted by Crippen LogP contribution is -2.04. The predicted octanol–water partition coefficient (Wildman–Crippen LogP) is 5.35. The lowest BCUT2D eigenvalue weighted by atomic mass is 9.97. The van der Waals surface area contributed by atoms with E-state index in [0.29, 0.717) is 11.7 Å². The third-order valence-electron chi connectivity index (χ3n) is 3.32. The summed E-state index contributed by atoms with van der Waals surface area (Å²) in [6.45, 7) is 8.52. The second-order valence-corrected chi connectivity index (χ2v) is 5.60. The topological polar surface area (TPSA) is 17.1 Å². The zero-order valence-electron chi connectivity index (χ0n) is 13.0. The Hall–Kier alpha value is -1.11. The molecule has 1 aromatic carbocycles. The van der Waals surface area contributed by atoms with Gasteiger partial charge in [-0.15, -0.1) is 0 Å². The average Bonchev–Trinajstić information content (AvgIpc) is 3.21. The summed E-state index contributed by atoms with van der Waals surface area (Å²) in [6, 6.07) is 6.34. The van der Waals surface area contributed by atoms with Gasteiger partial charge in [-0.3, -0.25) is 4.79 Å². The summed E-state index contributed by atoms with van der Waals surface area (Å²) in [4.78, 5) is 12.0. The van der Waals surface area contributed by atoms with Crippen molar-refractivity contribution in [3.05, 3.63) is 34.9 Å². The van der Waals surface area contributed by atoms with Crippen LogP contribution in [-0.4, -0.2) is 5.78 Å². The molecule has 0 amide bonds. The summed E-state index contributed by atoms with van der Waals surface area (Å²) < 4.78 is 0. The smallest absolute Gasteiger partial charge is 0.166 e. The van der Waals surface area contributed by atoms with Gasteiger partial charge in [0.05, 0.1) is 0 Å². The molecule has 0 aromatic heterocycles. The van der Waals surface area contributed by atoms with Gasteiger partial charge in [0.15, 0.2) is 5.78 Å². The Bertz CT molecular complexity index is 402. The van der Waals surface area contributed by atoms with Crippen molar-refractivity contribution in [1.82, 2.24) is 0 Å². The van der Waals surface area contributed by atoms with E-state index in [1.807, 2.05) is 6.07 Å². The third kappa shape index (κ3) is 5.18. The second-order valence-electron chi connectivity index (χ2n) is 5.60. The van der Waals surface area contributed by atoms with E-state index in [4.69, 9.17) is 0 Å². The van der Waals surface area contributed by atoms with Gasteiger partial charge in [-0.25, -0.2) is 0 Å². The Morgan fingerprint density at radius 2 is 1.84 bits per heavy atom. The van der Waals surface area contributed by atoms with E-state index in [2.05, 4.69) is 39.8 Å². The molecule has 0 aliphatic heterocycles. The van der Waals surface area contributed by atoms with Crippen molar-refractivity contribution in [2.24, 2.45) is 5.92 Å². The number of unbranched alkanes of at least 4 members (excludes halogenated alkanes) is 1. The number of hydrogen-bond acceptors (Lipinski definition) is 1. The minimum atomic E-state index is 0.334. The van der Waals surface area contributed by atoms with E-state index in [9.17, 15) is 4.79 Å². The minimum absolute atomic E-state index is 0.334. The lowest BCUT2D eigenvalue weighted by Gasteiger charge is -2.07. The quantitative estimate of drug-likeness (QED) is 0.652. The van der Waals surface area contributed by atoms with E-state index < -0.39 is 0 Å². The van der Waals surface area contributed by atoms with Crippen LogP contribution in [0.25, 0.3) is 0 Å². The maximum atomic E-state index is 12.0. The molecule has 1 aliphatic carbocycles. The van der Waals surface area contributed by atoms with Gasteiger partial charge in [0, 0.05) is 11.5 Å². The van der Waals surface area contributed by atoms with Crippen LogP contribution in [0.4, 0.5) is 0 Å². The van der Waals surface area contributed by atoms with E-state index in [-0.39, 0.29) is 0 Å². The molecule has 1 heteroatoms. The number of hydrogen-bond donors (Lipinski definition) is 0. The SMILES string of the molecule is CCC.CCCCc1ccc(C(=O)C2CC2)c(C)c1. The van der Waals surface area contributed by atoms with Gasteiger partial charge in [-0.2, -0.15) is 0 Å². The van der Waals surface area contributed by atoms with Gasteiger partial charge in [0.25, 0.3) is 0 Å². The standard InChI is InChI=1S/C15H20O.C3H8/c1-3-4-5-12-6-9-14(11(2)10-12)15(16)13-7-8-13;1-3-2/h6,9-10,13H,3-5,7-8H2,1-2H3;3H2,1-2H3. The molecule has 1 saturated carbocycles. The van der Waals surface area contributed by atoms with Crippen LogP contribution in [-0.2, 0) is 6.42 Å². The van der Waals surface area contributed by atoms with Crippen LogP contribution in [0.3, 0.4) is 0 Å². The average molecular weight is 260 g/mol. The number of carbonyl (C=O) groups excluding carboxylic acids is 1. The van der Waals surface area contributed by atoms with Crippen molar-refractivity contribution in [3.8, 4) is 0 Å². The van der Waals surface area contributed by atoms with Crippen LogP contribution in [0.1, 0.15) is 74.4 Å². The molecule has 0 N–H and O–H groups in total. The molecule has 0 unspecified atom stereocenters. The first kappa shape index (κ1) is 15.9. The molecule has 2 rings (SSSR count). The van der Waals surface area contributed by atoms with Crippen LogP contribution in [0.15, 0.2) is 18.2 Å². The molecular weight excluding hydrogens is 232 g/mol. The second kappa shape index (κ2) is 8.14. The first-order valence-corrected chi connectivity index (χ1v) is 7.77. The summed E-state index contributed by atoms with van der Waals surface area (Å²) in [5.74, 6) is 0.694. The van der Waals surface area contributed by atoms with Crippen LogP contribution < -0.4 is 0 Å². The maximum absolute atomic E-state index is 12.0. The Balaban J connectivity index is 0.000000550. The van der Waals surface area contributed by atoms with E-state index in [1.54, 1.807) is 0 Å². The molecule has 0 saturated heterocycles. The number of aryl methyl sites for hydroxylation is 2. The van der Waals surface area contributed by atoms with E-state index in [1.165, 1.54) is 24.8 Å². The molecule has 1 fully saturated rings. The fourth-order valence-electron chi connectivity index (χ4n) is 2.10. The zero-order chi connectivity index (χ0) is 14.3. The van der Waals surface area contributed by atoms with Crippen LogP contribution in [0.2, 0.25) is 0 Å². The van der Waals surface area contributed by atoms with Gasteiger partial charge in [-0.05, 0) is 43.7 Å². The number of rotatable bonds is 5. The van der Waals surface area contributed by atoms with Gasteiger partial charge >= 0.3 is 0 Å². The van der Waals surface area contributed by atoms with Crippen LogP contribution >= 0.6 is 0 Å². The van der Waals surface area contributed by atoms with E-state index in [0.717, 1.165) is 30.4 Å². The number of Topliss-reactive ketones (excluding diaryl/α,β-unsaturated/α-hetero) is 1.